The number of fused-ring (bicyclic) bond motifs is 1. The number of nitrogens with zero attached hydrogens (tertiary/aromatic N) is 4. The Bertz CT molecular complexity index is 646. The molecule has 0 aromatic carbocycles. The van der Waals surface area contributed by atoms with Crippen LogP contribution in [0, 0.1) is 0 Å². The fraction of sp³-hybridized carbons (Fsp3) is 0.588. The number of rotatable bonds is 6. The van der Waals surface area contributed by atoms with E-state index in [2.05, 4.69) is 54.1 Å². The van der Waals surface area contributed by atoms with Crippen molar-refractivity contribution >= 4 is 17.3 Å². The van der Waals surface area contributed by atoms with E-state index in [1.54, 1.807) is 11.3 Å². The first-order valence-corrected chi connectivity index (χ1v) is 9.75. The summed E-state index contributed by atoms with van der Waals surface area (Å²) in [5.74, 6) is 3.10. The van der Waals surface area contributed by atoms with Crippen LogP contribution < -0.4 is 10.6 Å². The van der Waals surface area contributed by atoms with Crippen molar-refractivity contribution in [2.45, 2.75) is 52.1 Å². The molecule has 0 aliphatic carbocycles. The molecule has 2 N–H and O–H groups in total. The minimum atomic E-state index is 0.708. The number of hydrogen-bond acceptors (Lipinski definition) is 4. The lowest BCUT2D eigenvalue weighted by atomic mass is 10.2. The van der Waals surface area contributed by atoms with E-state index in [9.17, 15) is 0 Å². The predicted octanol–water partition coefficient (Wildman–Crippen LogP) is 2.36. The maximum absolute atomic E-state index is 4.64. The van der Waals surface area contributed by atoms with E-state index in [0.717, 1.165) is 50.1 Å². The molecule has 0 spiro atoms. The zero-order valence-electron chi connectivity index (χ0n) is 14.3. The third-order valence-corrected chi connectivity index (χ3v) is 4.90. The Morgan fingerprint density at radius 3 is 3.08 bits per heavy atom. The first-order valence-electron chi connectivity index (χ1n) is 8.81. The smallest absolute Gasteiger partial charge is 0.191 e. The van der Waals surface area contributed by atoms with E-state index in [1.807, 2.05) is 0 Å². The monoisotopic (exact) mass is 346 g/mol. The van der Waals surface area contributed by atoms with Gasteiger partial charge >= 0.3 is 0 Å². The average Bonchev–Trinajstić information content (AvgIpc) is 3.18. The number of aliphatic imine (C=N–C) groups is 1. The molecular weight excluding hydrogens is 320 g/mol. The van der Waals surface area contributed by atoms with Gasteiger partial charge in [-0.15, -0.1) is 10.2 Å². The van der Waals surface area contributed by atoms with E-state index in [1.165, 1.54) is 24.8 Å². The topological polar surface area (TPSA) is 67.1 Å². The van der Waals surface area contributed by atoms with Crippen molar-refractivity contribution in [2.75, 3.05) is 13.1 Å². The minimum absolute atomic E-state index is 0.708. The molecule has 0 atom stereocenters. The summed E-state index contributed by atoms with van der Waals surface area (Å²) >= 11 is 1.71. The van der Waals surface area contributed by atoms with Crippen molar-refractivity contribution in [3.05, 3.63) is 34.0 Å². The first-order chi connectivity index (χ1) is 11.9. The molecule has 2 aromatic rings. The standard InChI is InChI=1S/C17H26N6S/c1-2-18-17(20-12-14-8-11-24-13-14)19-9-7-16-22-21-15-6-4-3-5-10-23(15)16/h8,11,13H,2-7,9-10,12H2,1H3,(H2,18,19,20). The molecule has 3 rings (SSSR count). The molecule has 6 nitrogen and oxygen atoms in total. The van der Waals surface area contributed by atoms with Gasteiger partial charge in [0.1, 0.15) is 11.6 Å². The Kier molecular flexibility index (Phi) is 6.23. The van der Waals surface area contributed by atoms with Crippen molar-refractivity contribution in [1.82, 2.24) is 25.4 Å². The Balaban J connectivity index is 1.53. The highest BCUT2D eigenvalue weighted by Gasteiger charge is 2.14. The molecular formula is C17H26N6S. The number of aryl methyl sites for hydroxylation is 1. The van der Waals surface area contributed by atoms with Crippen LogP contribution in [0.25, 0.3) is 0 Å². The van der Waals surface area contributed by atoms with E-state index < -0.39 is 0 Å². The maximum atomic E-state index is 4.64. The largest absolute Gasteiger partial charge is 0.357 e. The third kappa shape index (κ3) is 4.56. The quantitative estimate of drug-likeness (QED) is 0.622. The van der Waals surface area contributed by atoms with Crippen LogP contribution in [0.4, 0.5) is 0 Å². The van der Waals surface area contributed by atoms with Crippen molar-refractivity contribution in [3.63, 3.8) is 0 Å². The highest BCUT2D eigenvalue weighted by atomic mass is 32.1. The van der Waals surface area contributed by atoms with Crippen LogP contribution >= 0.6 is 11.3 Å². The Morgan fingerprint density at radius 1 is 1.29 bits per heavy atom. The summed E-state index contributed by atoms with van der Waals surface area (Å²) in [6.07, 6.45) is 5.69. The van der Waals surface area contributed by atoms with E-state index >= 15 is 0 Å². The lowest BCUT2D eigenvalue weighted by Gasteiger charge is -2.11. The molecule has 0 radical (unpaired) electrons. The summed E-state index contributed by atoms with van der Waals surface area (Å²) in [7, 11) is 0. The number of hydrogen-bond donors (Lipinski definition) is 2. The van der Waals surface area contributed by atoms with Crippen molar-refractivity contribution in [1.29, 1.82) is 0 Å². The molecule has 0 bridgehead atoms. The summed E-state index contributed by atoms with van der Waals surface area (Å²) in [6.45, 7) is 5.52. The highest BCUT2D eigenvalue weighted by molar-refractivity contribution is 7.07. The van der Waals surface area contributed by atoms with E-state index in [4.69, 9.17) is 0 Å². The zero-order chi connectivity index (χ0) is 16.6. The van der Waals surface area contributed by atoms with Gasteiger partial charge in [0.15, 0.2) is 5.96 Å². The van der Waals surface area contributed by atoms with Crippen LogP contribution in [-0.4, -0.2) is 33.8 Å². The van der Waals surface area contributed by atoms with Gasteiger partial charge in [-0.25, -0.2) is 4.99 Å². The van der Waals surface area contributed by atoms with Gasteiger partial charge in [0.2, 0.25) is 0 Å². The van der Waals surface area contributed by atoms with Crippen LogP contribution in [0.3, 0.4) is 0 Å². The fourth-order valence-electron chi connectivity index (χ4n) is 2.92. The molecule has 3 heterocycles. The molecule has 0 saturated carbocycles. The maximum Gasteiger partial charge on any atom is 0.191 e. The number of thiophene rings is 1. The average molecular weight is 347 g/mol. The van der Waals surface area contributed by atoms with Gasteiger partial charge < -0.3 is 15.2 Å². The molecule has 0 unspecified atom stereocenters. The van der Waals surface area contributed by atoms with Crippen LogP contribution in [0.2, 0.25) is 0 Å². The third-order valence-electron chi connectivity index (χ3n) is 4.17. The van der Waals surface area contributed by atoms with Gasteiger partial charge in [0.05, 0.1) is 6.54 Å². The van der Waals surface area contributed by atoms with Gasteiger partial charge in [-0.2, -0.15) is 11.3 Å². The van der Waals surface area contributed by atoms with Crippen LogP contribution in [-0.2, 0) is 25.9 Å². The second-order valence-electron chi connectivity index (χ2n) is 6.00. The second kappa shape index (κ2) is 8.82. The minimum Gasteiger partial charge on any atom is -0.357 e. The van der Waals surface area contributed by atoms with E-state index in [-0.39, 0.29) is 0 Å². The van der Waals surface area contributed by atoms with Crippen LogP contribution in [0.15, 0.2) is 21.8 Å². The summed E-state index contributed by atoms with van der Waals surface area (Å²) in [5.41, 5.74) is 1.25. The molecule has 130 valence electrons. The first kappa shape index (κ1) is 17.0. The van der Waals surface area contributed by atoms with Crippen LogP contribution in [0.1, 0.15) is 43.4 Å². The normalized spacial score (nSPS) is 15.0. The van der Waals surface area contributed by atoms with Gasteiger partial charge in [0, 0.05) is 32.5 Å². The fourth-order valence-corrected chi connectivity index (χ4v) is 3.58. The Labute approximate surface area is 147 Å². The highest BCUT2D eigenvalue weighted by Crippen LogP contribution is 2.14. The molecule has 0 fully saturated rings. The van der Waals surface area contributed by atoms with Crippen molar-refractivity contribution in [3.8, 4) is 0 Å². The van der Waals surface area contributed by atoms with Gasteiger partial charge in [-0.05, 0) is 42.2 Å². The Morgan fingerprint density at radius 2 is 2.25 bits per heavy atom. The van der Waals surface area contributed by atoms with Crippen molar-refractivity contribution in [2.24, 2.45) is 4.99 Å². The Hall–Kier alpha value is -1.89. The molecule has 24 heavy (non-hydrogen) atoms. The van der Waals surface area contributed by atoms with Gasteiger partial charge in [-0.1, -0.05) is 6.42 Å². The van der Waals surface area contributed by atoms with Crippen molar-refractivity contribution < 1.29 is 0 Å². The lowest BCUT2D eigenvalue weighted by molar-refractivity contribution is 0.600. The molecule has 7 heteroatoms. The summed E-state index contributed by atoms with van der Waals surface area (Å²) < 4.78 is 2.31. The molecule has 2 aromatic heterocycles. The molecule has 0 saturated heterocycles. The molecule has 1 aliphatic heterocycles. The summed E-state index contributed by atoms with van der Waals surface area (Å²) in [5, 5.41) is 19.7. The van der Waals surface area contributed by atoms with Gasteiger partial charge in [0.25, 0.3) is 0 Å². The summed E-state index contributed by atoms with van der Waals surface area (Å²) in [6, 6.07) is 2.11. The molecule has 1 aliphatic rings. The van der Waals surface area contributed by atoms with Crippen LogP contribution in [0.5, 0.6) is 0 Å². The summed E-state index contributed by atoms with van der Waals surface area (Å²) in [4.78, 5) is 4.64. The number of guanidine groups is 1. The SMILES string of the molecule is CCNC(=NCc1ccsc1)NCCc1nnc2n1CCCCC2. The predicted molar refractivity (Wildman–Crippen MR) is 98.4 cm³/mol. The zero-order valence-corrected chi connectivity index (χ0v) is 15.1. The number of nitrogens with one attached hydrogen (secondary N) is 2. The van der Waals surface area contributed by atoms with Gasteiger partial charge in [-0.3, -0.25) is 0 Å². The number of aromatic nitrogens is 3. The van der Waals surface area contributed by atoms with E-state index in [0.29, 0.717) is 6.54 Å². The molecule has 0 amide bonds. The lowest BCUT2D eigenvalue weighted by Crippen LogP contribution is -2.38. The second-order valence-corrected chi connectivity index (χ2v) is 6.78.